The molecule has 4 nitrogen and oxygen atoms in total. The Bertz CT molecular complexity index is 538. The van der Waals surface area contributed by atoms with Crippen LogP contribution in [0.2, 0.25) is 5.02 Å². The number of nitrogen functional groups attached to an aromatic ring is 1. The third kappa shape index (κ3) is 2.91. The minimum atomic E-state index is -3.48. The Morgan fingerprint density at radius 3 is 2.65 bits per heavy atom. The summed E-state index contributed by atoms with van der Waals surface area (Å²) < 4.78 is 26.5. The molecule has 0 radical (unpaired) electrons. The first-order valence-corrected chi connectivity index (χ1v) is 7.23. The van der Waals surface area contributed by atoms with Gasteiger partial charge in [-0.25, -0.2) is 13.1 Å². The van der Waals surface area contributed by atoms with Crippen molar-refractivity contribution in [3.8, 4) is 0 Å². The second-order valence-electron chi connectivity index (χ2n) is 4.82. The summed E-state index contributed by atoms with van der Waals surface area (Å²) in [7, 11) is -3.48. The first kappa shape index (κ1) is 12.7. The molecule has 0 atom stereocenters. The summed E-state index contributed by atoms with van der Waals surface area (Å²) in [6.45, 7) is 2.53. The van der Waals surface area contributed by atoms with Crippen molar-refractivity contribution in [1.29, 1.82) is 0 Å². The molecule has 3 N–H and O–H groups in total. The number of nitrogens with one attached hydrogen (secondary N) is 1. The third-order valence-electron chi connectivity index (χ3n) is 3.07. The van der Waals surface area contributed by atoms with E-state index in [1.165, 1.54) is 18.2 Å². The fraction of sp³-hybridized carbons (Fsp3) is 0.455. The van der Waals surface area contributed by atoms with Gasteiger partial charge in [-0.2, -0.15) is 0 Å². The Labute approximate surface area is 106 Å². The van der Waals surface area contributed by atoms with Gasteiger partial charge in [0.15, 0.2) is 0 Å². The van der Waals surface area contributed by atoms with Gasteiger partial charge < -0.3 is 5.73 Å². The number of anilines is 1. The van der Waals surface area contributed by atoms with Gasteiger partial charge in [-0.3, -0.25) is 0 Å². The van der Waals surface area contributed by atoms with Crippen LogP contribution in [0.3, 0.4) is 0 Å². The van der Waals surface area contributed by atoms with Crippen molar-refractivity contribution < 1.29 is 8.42 Å². The Kier molecular flexibility index (Phi) is 3.10. The van der Waals surface area contributed by atoms with E-state index in [4.69, 9.17) is 17.3 Å². The maximum atomic E-state index is 12.0. The molecule has 0 aliphatic heterocycles. The SMILES string of the molecule is CC1(CNS(=O)(=O)c2ccc(Cl)c(N)c2)CC1. The van der Waals surface area contributed by atoms with Gasteiger partial charge in [0.1, 0.15) is 0 Å². The minimum absolute atomic E-state index is 0.130. The minimum Gasteiger partial charge on any atom is -0.397 e. The number of hydrogen-bond acceptors (Lipinski definition) is 3. The summed E-state index contributed by atoms with van der Waals surface area (Å²) in [4.78, 5) is 0.156. The quantitative estimate of drug-likeness (QED) is 0.825. The van der Waals surface area contributed by atoms with Crippen LogP contribution in [0.4, 0.5) is 5.69 Å². The van der Waals surface area contributed by atoms with Crippen molar-refractivity contribution in [3.05, 3.63) is 23.2 Å². The molecule has 1 fully saturated rings. The average molecular weight is 275 g/mol. The van der Waals surface area contributed by atoms with E-state index >= 15 is 0 Å². The van der Waals surface area contributed by atoms with E-state index in [0.717, 1.165) is 12.8 Å². The van der Waals surface area contributed by atoms with Crippen LogP contribution in [0.15, 0.2) is 23.1 Å². The molecule has 1 saturated carbocycles. The largest absolute Gasteiger partial charge is 0.397 e. The Hall–Kier alpha value is -0.780. The van der Waals surface area contributed by atoms with E-state index in [2.05, 4.69) is 11.6 Å². The van der Waals surface area contributed by atoms with E-state index < -0.39 is 10.0 Å². The molecule has 0 saturated heterocycles. The van der Waals surface area contributed by atoms with Crippen LogP contribution in [0.1, 0.15) is 19.8 Å². The van der Waals surface area contributed by atoms with Crippen LogP contribution in [-0.2, 0) is 10.0 Å². The van der Waals surface area contributed by atoms with Gasteiger partial charge in [-0.1, -0.05) is 18.5 Å². The Morgan fingerprint density at radius 2 is 2.12 bits per heavy atom. The van der Waals surface area contributed by atoms with Gasteiger partial charge >= 0.3 is 0 Å². The van der Waals surface area contributed by atoms with Crippen molar-refractivity contribution in [2.45, 2.75) is 24.7 Å². The lowest BCUT2D eigenvalue weighted by Crippen LogP contribution is -2.29. The highest BCUT2D eigenvalue weighted by atomic mass is 35.5. The van der Waals surface area contributed by atoms with Gasteiger partial charge in [0, 0.05) is 6.54 Å². The highest BCUT2D eigenvalue weighted by molar-refractivity contribution is 7.89. The summed E-state index contributed by atoms with van der Waals surface area (Å²) in [6, 6.07) is 4.32. The summed E-state index contributed by atoms with van der Waals surface area (Å²) in [5, 5.41) is 0.359. The van der Waals surface area contributed by atoms with Crippen LogP contribution in [-0.4, -0.2) is 15.0 Å². The summed E-state index contributed by atoms with van der Waals surface area (Å²) in [5.41, 5.74) is 5.99. The van der Waals surface area contributed by atoms with Crippen molar-refractivity contribution in [1.82, 2.24) is 4.72 Å². The van der Waals surface area contributed by atoms with Gasteiger partial charge in [-0.05, 0) is 36.5 Å². The molecule has 1 aliphatic rings. The lowest BCUT2D eigenvalue weighted by Gasteiger charge is -2.11. The first-order valence-electron chi connectivity index (χ1n) is 5.37. The zero-order valence-corrected chi connectivity index (χ0v) is 11.1. The average Bonchev–Trinajstić information content (AvgIpc) is 2.99. The van der Waals surface area contributed by atoms with Gasteiger partial charge in [0.25, 0.3) is 0 Å². The van der Waals surface area contributed by atoms with Gasteiger partial charge in [-0.15, -0.1) is 0 Å². The van der Waals surface area contributed by atoms with Crippen molar-refractivity contribution >= 4 is 27.3 Å². The fourth-order valence-corrected chi connectivity index (χ4v) is 2.78. The number of rotatable bonds is 4. The molecule has 0 heterocycles. The van der Waals surface area contributed by atoms with Crippen molar-refractivity contribution in [2.24, 2.45) is 5.41 Å². The standard InChI is InChI=1S/C11H15ClN2O2S/c1-11(4-5-11)7-14-17(15,16)8-2-3-9(12)10(13)6-8/h2-3,6,14H,4-5,7,13H2,1H3. The van der Waals surface area contributed by atoms with Gasteiger partial charge in [0.2, 0.25) is 10.0 Å². The topological polar surface area (TPSA) is 72.2 Å². The molecule has 2 rings (SSSR count). The van der Waals surface area contributed by atoms with Crippen LogP contribution in [0, 0.1) is 5.41 Å². The maximum Gasteiger partial charge on any atom is 0.240 e. The summed E-state index contributed by atoms with van der Waals surface area (Å²) in [6.07, 6.45) is 2.14. The van der Waals surface area contributed by atoms with E-state index in [9.17, 15) is 8.42 Å². The predicted octanol–water partition coefficient (Wildman–Crippen LogP) is 2.00. The fourth-order valence-electron chi connectivity index (χ4n) is 1.43. The molecule has 1 aromatic rings. The summed E-state index contributed by atoms with van der Waals surface area (Å²) in [5.74, 6) is 0. The molecule has 0 spiro atoms. The molecule has 17 heavy (non-hydrogen) atoms. The maximum absolute atomic E-state index is 12.0. The molecule has 0 amide bonds. The number of benzene rings is 1. The molecular weight excluding hydrogens is 260 g/mol. The van der Waals surface area contributed by atoms with E-state index in [1.807, 2.05) is 0 Å². The number of hydrogen-bond donors (Lipinski definition) is 2. The number of sulfonamides is 1. The van der Waals surface area contributed by atoms with Crippen LogP contribution in [0.25, 0.3) is 0 Å². The molecule has 1 aromatic carbocycles. The monoisotopic (exact) mass is 274 g/mol. The molecular formula is C11H15ClN2O2S. The van der Waals surface area contributed by atoms with Crippen molar-refractivity contribution in [3.63, 3.8) is 0 Å². The lowest BCUT2D eigenvalue weighted by molar-refractivity contribution is 0.530. The van der Waals surface area contributed by atoms with E-state index in [-0.39, 0.29) is 16.0 Å². The predicted molar refractivity (Wildman–Crippen MR) is 68.4 cm³/mol. The van der Waals surface area contributed by atoms with E-state index in [1.54, 1.807) is 0 Å². The molecule has 94 valence electrons. The first-order chi connectivity index (χ1) is 7.82. The number of nitrogens with two attached hydrogens (primary N) is 1. The Balaban J connectivity index is 2.16. The van der Waals surface area contributed by atoms with Crippen LogP contribution in [0.5, 0.6) is 0 Å². The highest BCUT2D eigenvalue weighted by Gasteiger charge is 2.38. The second-order valence-corrected chi connectivity index (χ2v) is 6.99. The molecule has 1 aliphatic carbocycles. The third-order valence-corrected chi connectivity index (χ3v) is 4.81. The van der Waals surface area contributed by atoms with E-state index in [0.29, 0.717) is 11.6 Å². The smallest absolute Gasteiger partial charge is 0.240 e. The molecule has 0 bridgehead atoms. The second kappa shape index (κ2) is 4.15. The van der Waals surface area contributed by atoms with Crippen molar-refractivity contribution in [2.75, 3.05) is 12.3 Å². The molecule has 6 heteroatoms. The zero-order chi connectivity index (χ0) is 12.7. The van der Waals surface area contributed by atoms with Crippen LogP contribution >= 0.6 is 11.6 Å². The summed E-state index contributed by atoms with van der Waals surface area (Å²) >= 11 is 5.75. The number of halogens is 1. The van der Waals surface area contributed by atoms with Crippen LogP contribution < -0.4 is 10.5 Å². The molecule has 0 unspecified atom stereocenters. The Morgan fingerprint density at radius 1 is 1.47 bits per heavy atom. The zero-order valence-electron chi connectivity index (χ0n) is 9.53. The molecule has 0 aromatic heterocycles. The lowest BCUT2D eigenvalue weighted by atomic mass is 10.2. The highest BCUT2D eigenvalue weighted by Crippen LogP contribution is 2.44. The van der Waals surface area contributed by atoms with Gasteiger partial charge in [0.05, 0.1) is 15.6 Å². The normalized spacial score (nSPS) is 18.0.